The summed E-state index contributed by atoms with van der Waals surface area (Å²) in [5.41, 5.74) is 4.09. The number of carbonyl (C=O) groups excluding carboxylic acids is 1. The summed E-state index contributed by atoms with van der Waals surface area (Å²) >= 11 is 0. The van der Waals surface area contributed by atoms with E-state index in [9.17, 15) is 4.79 Å². The van der Waals surface area contributed by atoms with E-state index in [1.165, 1.54) is 6.33 Å². The number of anilines is 3. The Bertz CT molecular complexity index is 941. The number of carbonyl (C=O) groups is 1. The lowest BCUT2D eigenvalue weighted by Crippen LogP contribution is -2.14. The fourth-order valence-corrected chi connectivity index (χ4v) is 2.45. The van der Waals surface area contributed by atoms with Gasteiger partial charge in [0.15, 0.2) is 0 Å². The van der Waals surface area contributed by atoms with E-state index in [1.807, 2.05) is 44.2 Å². The monoisotopic (exact) mass is 348 g/mol. The first kappa shape index (κ1) is 17.4. The Hall–Kier alpha value is -3.41. The van der Waals surface area contributed by atoms with E-state index in [0.29, 0.717) is 17.3 Å². The predicted molar refractivity (Wildman–Crippen MR) is 102 cm³/mol. The van der Waals surface area contributed by atoms with E-state index >= 15 is 0 Å². The standard InChI is InChI=1S/C20H20N4O2/c1-13-7-8-14(2)17(9-13)24-19-11-18(21-12-22-19)20(25)23-15-5-4-6-16(10-15)26-3/h4-12H,1-3H3,(H,23,25)(H,21,22,24). The average Bonchev–Trinajstić information content (AvgIpc) is 2.65. The van der Waals surface area contributed by atoms with Crippen LogP contribution in [0.3, 0.4) is 0 Å². The van der Waals surface area contributed by atoms with Crippen molar-refractivity contribution in [3.8, 4) is 5.75 Å². The molecule has 1 heterocycles. The second-order valence-electron chi connectivity index (χ2n) is 5.92. The first-order valence-electron chi connectivity index (χ1n) is 8.17. The number of hydrogen-bond acceptors (Lipinski definition) is 5. The summed E-state index contributed by atoms with van der Waals surface area (Å²) in [6.45, 7) is 4.04. The van der Waals surface area contributed by atoms with Gasteiger partial charge < -0.3 is 15.4 Å². The van der Waals surface area contributed by atoms with Crippen molar-refractivity contribution >= 4 is 23.1 Å². The Balaban J connectivity index is 1.77. The largest absolute Gasteiger partial charge is 0.497 e. The molecule has 1 aromatic heterocycles. The van der Waals surface area contributed by atoms with Crippen LogP contribution in [-0.4, -0.2) is 23.0 Å². The molecule has 3 rings (SSSR count). The summed E-state index contributed by atoms with van der Waals surface area (Å²) in [6.07, 6.45) is 1.37. The van der Waals surface area contributed by atoms with Crippen molar-refractivity contribution in [1.29, 1.82) is 0 Å². The minimum Gasteiger partial charge on any atom is -0.497 e. The molecule has 0 bridgehead atoms. The summed E-state index contributed by atoms with van der Waals surface area (Å²) in [6, 6.07) is 14.9. The van der Waals surface area contributed by atoms with Gasteiger partial charge in [0.05, 0.1) is 7.11 Å². The van der Waals surface area contributed by atoms with Crippen LogP contribution < -0.4 is 15.4 Å². The summed E-state index contributed by atoms with van der Waals surface area (Å²) in [5.74, 6) is 0.914. The molecular formula is C20H20N4O2. The third kappa shape index (κ3) is 4.16. The summed E-state index contributed by atoms with van der Waals surface area (Å²) in [4.78, 5) is 20.7. The molecular weight excluding hydrogens is 328 g/mol. The highest BCUT2D eigenvalue weighted by Crippen LogP contribution is 2.21. The van der Waals surface area contributed by atoms with Gasteiger partial charge in [-0.2, -0.15) is 0 Å². The number of aryl methyl sites for hydroxylation is 2. The van der Waals surface area contributed by atoms with Crippen molar-refractivity contribution in [3.05, 3.63) is 71.7 Å². The molecule has 6 heteroatoms. The van der Waals surface area contributed by atoms with E-state index in [-0.39, 0.29) is 11.6 Å². The normalized spacial score (nSPS) is 10.3. The Morgan fingerprint density at radius 1 is 1.04 bits per heavy atom. The van der Waals surface area contributed by atoms with Crippen LogP contribution in [0.5, 0.6) is 5.75 Å². The maximum Gasteiger partial charge on any atom is 0.274 e. The van der Waals surface area contributed by atoms with Gasteiger partial charge in [-0.1, -0.05) is 18.2 Å². The fraction of sp³-hybridized carbons (Fsp3) is 0.150. The maximum atomic E-state index is 12.5. The Labute approximate surface area is 152 Å². The predicted octanol–water partition coefficient (Wildman–Crippen LogP) is 4.10. The van der Waals surface area contributed by atoms with Gasteiger partial charge in [0.2, 0.25) is 0 Å². The lowest BCUT2D eigenvalue weighted by molar-refractivity contribution is 0.102. The van der Waals surface area contributed by atoms with Crippen molar-refractivity contribution < 1.29 is 9.53 Å². The zero-order valence-corrected chi connectivity index (χ0v) is 14.9. The van der Waals surface area contributed by atoms with Crippen LogP contribution in [0.4, 0.5) is 17.2 Å². The quantitative estimate of drug-likeness (QED) is 0.726. The van der Waals surface area contributed by atoms with Crippen molar-refractivity contribution in [2.24, 2.45) is 0 Å². The van der Waals surface area contributed by atoms with Gasteiger partial charge in [0, 0.05) is 23.5 Å². The number of amides is 1. The van der Waals surface area contributed by atoms with Gasteiger partial charge in [-0.25, -0.2) is 9.97 Å². The number of aromatic nitrogens is 2. The van der Waals surface area contributed by atoms with Crippen LogP contribution in [0.1, 0.15) is 21.6 Å². The highest BCUT2D eigenvalue weighted by atomic mass is 16.5. The molecule has 0 saturated heterocycles. The number of rotatable bonds is 5. The molecule has 6 nitrogen and oxygen atoms in total. The average molecular weight is 348 g/mol. The molecule has 132 valence electrons. The van der Waals surface area contributed by atoms with E-state index in [4.69, 9.17) is 4.74 Å². The molecule has 3 aromatic rings. The van der Waals surface area contributed by atoms with E-state index < -0.39 is 0 Å². The molecule has 0 aliphatic heterocycles. The lowest BCUT2D eigenvalue weighted by Gasteiger charge is -2.11. The molecule has 1 amide bonds. The zero-order chi connectivity index (χ0) is 18.5. The second kappa shape index (κ2) is 7.65. The van der Waals surface area contributed by atoms with E-state index in [2.05, 4.69) is 20.6 Å². The van der Waals surface area contributed by atoms with Crippen molar-refractivity contribution in [2.75, 3.05) is 17.7 Å². The van der Waals surface area contributed by atoms with Crippen LogP contribution >= 0.6 is 0 Å². The second-order valence-corrected chi connectivity index (χ2v) is 5.92. The van der Waals surface area contributed by atoms with Gasteiger partial charge in [-0.15, -0.1) is 0 Å². The number of hydrogen-bond donors (Lipinski definition) is 2. The van der Waals surface area contributed by atoms with Crippen LogP contribution in [0, 0.1) is 13.8 Å². The molecule has 0 radical (unpaired) electrons. The third-order valence-corrected chi connectivity index (χ3v) is 3.88. The molecule has 0 atom stereocenters. The number of ether oxygens (including phenoxy) is 1. The zero-order valence-electron chi connectivity index (χ0n) is 14.9. The summed E-state index contributed by atoms with van der Waals surface area (Å²) in [7, 11) is 1.58. The molecule has 2 N–H and O–H groups in total. The molecule has 0 spiro atoms. The Morgan fingerprint density at radius 3 is 2.69 bits per heavy atom. The summed E-state index contributed by atoms with van der Waals surface area (Å²) in [5, 5.41) is 6.05. The summed E-state index contributed by atoms with van der Waals surface area (Å²) < 4.78 is 5.16. The molecule has 0 aliphatic rings. The number of methoxy groups -OCH3 is 1. The van der Waals surface area contributed by atoms with E-state index in [1.54, 1.807) is 25.3 Å². The van der Waals surface area contributed by atoms with Crippen LogP contribution in [0.15, 0.2) is 54.9 Å². The molecule has 0 fully saturated rings. The first-order chi connectivity index (χ1) is 12.5. The molecule has 0 saturated carbocycles. The third-order valence-electron chi connectivity index (χ3n) is 3.88. The van der Waals surface area contributed by atoms with Gasteiger partial charge in [0.1, 0.15) is 23.6 Å². The van der Waals surface area contributed by atoms with Gasteiger partial charge in [-0.3, -0.25) is 4.79 Å². The first-order valence-corrected chi connectivity index (χ1v) is 8.17. The molecule has 0 aliphatic carbocycles. The highest BCUT2D eigenvalue weighted by Gasteiger charge is 2.10. The highest BCUT2D eigenvalue weighted by molar-refractivity contribution is 6.03. The SMILES string of the molecule is COc1cccc(NC(=O)c2cc(Nc3cc(C)ccc3C)ncn2)c1. The number of nitrogens with one attached hydrogen (secondary N) is 2. The van der Waals surface area contributed by atoms with Crippen LogP contribution in [-0.2, 0) is 0 Å². The molecule has 2 aromatic carbocycles. The van der Waals surface area contributed by atoms with E-state index in [0.717, 1.165) is 16.8 Å². The van der Waals surface area contributed by atoms with Crippen LogP contribution in [0.25, 0.3) is 0 Å². The minimum atomic E-state index is -0.315. The van der Waals surface area contributed by atoms with Crippen molar-refractivity contribution in [2.45, 2.75) is 13.8 Å². The number of benzene rings is 2. The van der Waals surface area contributed by atoms with Gasteiger partial charge in [-0.05, 0) is 43.2 Å². The molecule has 0 unspecified atom stereocenters. The topological polar surface area (TPSA) is 76.1 Å². The van der Waals surface area contributed by atoms with Crippen LogP contribution in [0.2, 0.25) is 0 Å². The lowest BCUT2D eigenvalue weighted by atomic mass is 10.1. The Kier molecular flexibility index (Phi) is 5.12. The number of nitrogens with zero attached hydrogens (tertiary/aromatic N) is 2. The van der Waals surface area contributed by atoms with Gasteiger partial charge in [0.25, 0.3) is 5.91 Å². The minimum absolute atomic E-state index is 0.274. The van der Waals surface area contributed by atoms with Gasteiger partial charge >= 0.3 is 0 Å². The van der Waals surface area contributed by atoms with Crippen molar-refractivity contribution in [1.82, 2.24) is 9.97 Å². The smallest absolute Gasteiger partial charge is 0.274 e. The fourth-order valence-electron chi connectivity index (χ4n) is 2.45. The van der Waals surface area contributed by atoms with Crippen molar-refractivity contribution in [3.63, 3.8) is 0 Å². The Morgan fingerprint density at radius 2 is 1.88 bits per heavy atom. The molecule has 26 heavy (non-hydrogen) atoms. The maximum absolute atomic E-state index is 12.5.